The van der Waals surface area contributed by atoms with E-state index in [1.54, 1.807) is 12.4 Å². The van der Waals surface area contributed by atoms with E-state index in [0.717, 1.165) is 4.47 Å². The van der Waals surface area contributed by atoms with Gasteiger partial charge in [0.15, 0.2) is 0 Å². The number of rotatable bonds is 3. The van der Waals surface area contributed by atoms with Crippen LogP contribution in [0.3, 0.4) is 0 Å². The third-order valence-electron chi connectivity index (χ3n) is 1.41. The maximum absolute atomic E-state index is 8.61. The zero-order valence-electron chi connectivity index (χ0n) is 6.44. The van der Waals surface area contributed by atoms with Gasteiger partial charge in [-0.2, -0.15) is 0 Å². The van der Waals surface area contributed by atoms with Crippen LogP contribution in [0.5, 0.6) is 0 Å². The summed E-state index contributed by atoms with van der Waals surface area (Å²) in [5.41, 5.74) is 5.66. The summed E-state index contributed by atoms with van der Waals surface area (Å²) in [6.07, 6.45) is 3.76. The van der Waals surface area contributed by atoms with Crippen molar-refractivity contribution in [1.29, 1.82) is 0 Å². The van der Waals surface area contributed by atoms with Gasteiger partial charge >= 0.3 is 0 Å². The normalized spacial score (nSPS) is 12.9. The van der Waals surface area contributed by atoms with Crippen molar-refractivity contribution in [3.05, 3.63) is 22.7 Å². The molecule has 0 bridgehead atoms. The summed E-state index contributed by atoms with van der Waals surface area (Å²) in [5.74, 6) is 0.562. The van der Waals surface area contributed by atoms with Gasteiger partial charge in [0.1, 0.15) is 5.82 Å². The fourth-order valence-corrected chi connectivity index (χ4v) is 0.987. The van der Waals surface area contributed by atoms with E-state index in [1.165, 1.54) is 0 Å². The summed E-state index contributed by atoms with van der Waals surface area (Å²) in [6, 6.07) is -0.275. The topological polar surface area (TPSA) is 72.0 Å². The standard InChI is InChI=1S/C7H10BrN3O/c8-5-3-10-7(11-4-5)6(9)1-2-12/h3-4,6,12H,1-2,9H2. The van der Waals surface area contributed by atoms with Gasteiger partial charge in [-0.1, -0.05) is 0 Å². The van der Waals surface area contributed by atoms with E-state index in [4.69, 9.17) is 10.8 Å². The van der Waals surface area contributed by atoms with E-state index in [2.05, 4.69) is 25.9 Å². The van der Waals surface area contributed by atoms with E-state index < -0.39 is 0 Å². The third kappa shape index (κ3) is 2.51. The highest BCUT2D eigenvalue weighted by molar-refractivity contribution is 9.10. The van der Waals surface area contributed by atoms with Crippen molar-refractivity contribution in [2.24, 2.45) is 5.73 Å². The Balaban J connectivity index is 2.68. The van der Waals surface area contributed by atoms with Gasteiger partial charge in [-0.3, -0.25) is 0 Å². The molecule has 1 aromatic rings. The molecule has 0 saturated heterocycles. The summed E-state index contributed by atoms with van der Waals surface area (Å²) in [5, 5.41) is 8.61. The van der Waals surface area contributed by atoms with Crippen molar-refractivity contribution in [2.45, 2.75) is 12.5 Å². The third-order valence-corrected chi connectivity index (χ3v) is 1.82. The summed E-state index contributed by atoms with van der Waals surface area (Å²) in [7, 11) is 0. The second-order valence-electron chi connectivity index (χ2n) is 2.38. The molecule has 0 aliphatic heterocycles. The second-order valence-corrected chi connectivity index (χ2v) is 3.29. The van der Waals surface area contributed by atoms with Gasteiger partial charge in [0.05, 0.1) is 10.5 Å². The summed E-state index contributed by atoms with van der Waals surface area (Å²) in [6.45, 7) is 0.0561. The molecule has 0 radical (unpaired) electrons. The lowest BCUT2D eigenvalue weighted by Crippen LogP contribution is -2.15. The molecule has 0 aromatic carbocycles. The Hall–Kier alpha value is -0.520. The number of hydrogen-bond acceptors (Lipinski definition) is 4. The Kier molecular flexibility index (Phi) is 3.58. The first-order valence-corrected chi connectivity index (χ1v) is 4.37. The van der Waals surface area contributed by atoms with Crippen LogP contribution in [0.25, 0.3) is 0 Å². The number of nitrogens with two attached hydrogens (primary N) is 1. The molecule has 0 amide bonds. The highest BCUT2D eigenvalue weighted by Gasteiger charge is 2.07. The molecule has 1 unspecified atom stereocenters. The van der Waals surface area contributed by atoms with E-state index in [0.29, 0.717) is 12.2 Å². The lowest BCUT2D eigenvalue weighted by atomic mass is 10.2. The van der Waals surface area contributed by atoms with Crippen LogP contribution in [0.15, 0.2) is 16.9 Å². The van der Waals surface area contributed by atoms with Crippen LogP contribution < -0.4 is 5.73 Å². The van der Waals surface area contributed by atoms with Gasteiger partial charge in [0, 0.05) is 19.0 Å². The molecule has 0 aliphatic rings. The molecule has 66 valence electrons. The van der Waals surface area contributed by atoms with Crippen LogP contribution in [0.2, 0.25) is 0 Å². The summed E-state index contributed by atoms with van der Waals surface area (Å²) >= 11 is 3.22. The molecule has 0 spiro atoms. The maximum Gasteiger partial charge on any atom is 0.145 e. The van der Waals surface area contributed by atoms with E-state index in [1.807, 2.05) is 0 Å². The summed E-state index contributed by atoms with van der Waals surface area (Å²) < 4.78 is 0.822. The lowest BCUT2D eigenvalue weighted by molar-refractivity contribution is 0.274. The zero-order chi connectivity index (χ0) is 8.97. The molecule has 1 atom stereocenters. The van der Waals surface area contributed by atoms with E-state index in [9.17, 15) is 0 Å². The minimum Gasteiger partial charge on any atom is -0.396 e. The molecular formula is C7H10BrN3O. The number of aliphatic hydroxyl groups is 1. The minimum atomic E-state index is -0.275. The van der Waals surface area contributed by atoms with Gasteiger partial charge in [0.25, 0.3) is 0 Å². The Morgan fingerprint density at radius 1 is 1.50 bits per heavy atom. The molecule has 1 heterocycles. The largest absolute Gasteiger partial charge is 0.396 e. The van der Waals surface area contributed by atoms with Crippen molar-refractivity contribution in [1.82, 2.24) is 9.97 Å². The lowest BCUT2D eigenvalue weighted by Gasteiger charge is -2.06. The SMILES string of the molecule is NC(CCO)c1ncc(Br)cn1. The predicted molar refractivity (Wildman–Crippen MR) is 48.4 cm³/mol. The number of hydrogen-bond donors (Lipinski definition) is 2. The number of aliphatic hydroxyl groups excluding tert-OH is 1. The van der Waals surface area contributed by atoms with Crippen LogP contribution in [-0.2, 0) is 0 Å². The molecule has 1 rings (SSSR count). The van der Waals surface area contributed by atoms with Crippen LogP contribution >= 0.6 is 15.9 Å². The predicted octanol–water partition coefficient (Wildman–Crippen LogP) is 0.621. The second kappa shape index (κ2) is 4.49. The Morgan fingerprint density at radius 3 is 2.58 bits per heavy atom. The van der Waals surface area contributed by atoms with E-state index in [-0.39, 0.29) is 12.6 Å². The van der Waals surface area contributed by atoms with Crippen LogP contribution in [-0.4, -0.2) is 21.7 Å². The van der Waals surface area contributed by atoms with Crippen molar-refractivity contribution in [3.8, 4) is 0 Å². The summed E-state index contributed by atoms with van der Waals surface area (Å²) in [4.78, 5) is 8.01. The first-order valence-electron chi connectivity index (χ1n) is 3.58. The van der Waals surface area contributed by atoms with Gasteiger partial charge in [-0.25, -0.2) is 9.97 Å². The van der Waals surface area contributed by atoms with Crippen molar-refractivity contribution < 1.29 is 5.11 Å². The number of aromatic nitrogens is 2. The quantitative estimate of drug-likeness (QED) is 0.801. The molecule has 0 fully saturated rings. The minimum absolute atomic E-state index is 0.0561. The van der Waals surface area contributed by atoms with Gasteiger partial charge in [0.2, 0.25) is 0 Å². The number of halogens is 1. The van der Waals surface area contributed by atoms with Crippen LogP contribution in [0.1, 0.15) is 18.3 Å². The van der Waals surface area contributed by atoms with Gasteiger partial charge in [-0.15, -0.1) is 0 Å². The first kappa shape index (κ1) is 9.57. The molecule has 12 heavy (non-hydrogen) atoms. The average molecular weight is 232 g/mol. The first-order chi connectivity index (χ1) is 5.74. The van der Waals surface area contributed by atoms with Crippen molar-refractivity contribution in [3.63, 3.8) is 0 Å². The van der Waals surface area contributed by atoms with Crippen molar-refractivity contribution in [2.75, 3.05) is 6.61 Å². The van der Waals surface area contributed by atoms with E-state index >= 15 is 0 Å². The molecule has 3 N–H and O–H groups in total. The highest BCUT2D eigenvalue weighted by atomic mass is 79.9. The van der Waals surface area contributed by atoms with Gasteiger partial charge in [-0.05, 0) is 22.4 Å². The molecule has 0 aliphatic carbocycles. The molecule has 4 nitrogen and oxygen atoms in total. The molecular weight excluding hydrogens is 222 g/mol. The fourth-order valence-electron chi connectivity index (χ4n) is 0.782. The number of nitrogens with zero attached hydrogens (tertiary/aromatic N) is 2. The molecule has 5 heteroatoms. The highest BCUT2D eigenvalue weighted by Crippen LogP contribution is 2.10. The molecule has 1 aromatic heterocycles. The Labute approximate surface area is 79.0 Å². The van der Waals surface area contributed by atoms with Crippen LogP contribution in [0, 0.1) is 0 Å². The zero-order valence-corrected chi connectivity index (χ0v) is 8.03. The Morgan fingerprint density at radius 2 is 2.08 bits per heavy atom. The molecule has 0 saturated carbocycles. The monoisotopic (exact) mass is 231 g/mol. The van der Waals surface area contributed by atoms with Crippen molar-refractivity contribution >= 4 is 15.9 Å². The fraction of sp³-hybridized carbons (Fsp3) is 0.429. The average Bonchev–Trinajstić information content (AvgIpc) is 2.06. The smallest absolute Gasteiger partial charge is 0.145 e. The Bertz CT molecular complexity index is 239. The maximum atomic E-state index is 8.61. The van der Waals surface area contributed by atoms with Gasteiger partial charge < -0.3 is 10.8 Å². The van der Waals surface area contributed by atoms with Crippen LogP contribution in [0.4, 0.5) is 0 Å².